The second-order valence-electron chi connectivity index (χ2n) is 9.30. The van der Waals surface area contributed by atoms with Gasteiger partial charge in [0.2, 0.25) is 0 Å². The maximum atomic E-state index is 13.4. The van der Waals surface area contributed by atoms with E-state index in [-0.39, 0.29) is 11.4 Å². The Bertz CT molecular complexity index is 1390. The van der Waals surface area contributed by atoms with E-state index in [9.17, 15) is 4.79 Å². The van der Waals surface area contributed by atoms with Crippen molar-refractivity contribution in [1.82, 2.24) is 14.0 Å². The minimum atomic E-state index is -0.195. The largest absolute Gasteiger partial charge is 0.497 e. The summed E-state index contributed by atoms with van der Waals surface area (Å²) in [6.07, 6.45) is 5.94. The summed E-state index contributed by atoms with van der Waals surface area (Å²) in [7, 11) is 3.74. The number of carbonyl (C=O) groups is 1. The number of hydrogen-bond acceptors (Lipinski definition) is 3. The van der Waals surface area contributed by atoms with Crippen LogP contribution in [-0.4, -0.2) is 40.1 Å². The van der Waals surface area contributed by atoms with Gasteiger partial charge in [0.25, 0.3) is 5.91 Å². The molecule has 1 amide bonds. The number of hydrogen-bond donors (Lipinski definition) is 1. The van der Waals surface area contributed by atoms with Gasteiger partial charge >= 0.3 is 0 Å². The summed E-state index contributed by atoms with van der Waals surface area (Å²) in [4.78, 5) is 15.4. The van der Waals surface area contributed by atoms with Crippen LogP contribution in [-0.2, 0) is 12.6 Å². The highest BCUT2D eigenvalue weighted by atomic mass is 16.5. The van der Waals surface area contributed by atoms with Gasteiger partial charge in [0, 0.05) is 60.8 Å². The van der Waals surface area contributed by atoms with E-state index >= 15 is 0 Å². The van der Waals surface area contributed by atoms with E-state index < -0.39 is 0 Å². The van der Waals surface area contributed by atoms with E-state index in [0.717, 1.165) is 46.4 Å². The molecule has 0 unspecified atom stereocenters. The van der Waals surface area contributed by atoms with Crippen LogP contribution in [0.5, 0.6) is 5.75 Å². The highest BCUT2D eigenvalue weighted by molar-refractivity contribution is 5.99. The second-order valence-corrected chi connectivity index (χ2v) is 9.30. The number of anilines is 1. The van der Waals surface area contributed by atoms with E-state index in [2.05, 4.69) is 64.1 Å². The second kappa shape index (κ2) is 7.17. The standard InChI is InChI=1S/C27H28N4O2/c1-18-17-29(2)23-8-6-19(15-21(18)23)26(32)30-13-10-27(11-14-30)25-5-4-12-31(25)24-9-7-20(33-3)16-22(24)28-27/h4-9,12,15-17,28H,10-11,13-14H2,1-3H3. The van der Waals surface area contributed by atoms with Crippen LogP contribution in [0.25, 0.3) is 16.6 Å². The van der Waals surface area contributed by atoms with Crippen molar-refractivity contribution in [2.45, 2.75) is 25.3 Å². The van der Waals surface area contributed by atoms with Crippen LogP contribution in [0.4, 0.5) is 5.69 Å². The van der Waals surface area contributed by atoms with E-state index in [1.165, 1.54) is 11.3 Å². The normalized spacial score (nSPS) is 16.4. The third kappa shape index (κ3) is 2.97. The minimum absolute atomic E-state index is 0.114. The number of benzene rings is 2. The summed E-state index contributed by atoms with van der Waals surface area (Å²) in [5, 5.41) is 4.97. The molecule has 4 heterocycles. The molecular weight excluding hydrogens is 412 g/mol. The summed E-state index contributed by atoms with van der Waals surface area (Å²) in [6, 6.07) is 16.5. The fraction of sp³-hybridized carbons (Fsp3) is 0.296. The highest BCUT2D eigenvalue weighted by Gasteiger charge is 2.42. The smallest absolute Gasteiger partial charge is 0.253 e. The Morgan fingerprint density at radius 3 is 2.70 bits per heavy atom. The number of likely N-dealkylation sites (tertiary alicyclic amines) is 1. The molecule has 4 aromatic rings. The molecular formula is C27H28N4O2. The Kier molecular flexibility index (Phi) is 4.34. The molecule has 0 bridgehead atoms. The quantitative estimate of drug-likeness (QED) is 0.485. The van der Waals surface area contributed by atoms with Crippen LogP contribution in [0.3, 0.4) is 0 Å². The van der Waals surface area contributed by atoms with Crippen molar-refractivity contribution in [2.24, 2.45) is 7.05 Å². The molecule has 6 rings (SSSR count). The molecule has 33 heavy (non-hydrogen) atoms. The predicted octanol–water partition coefficient (Wildman–Crippen LogP) is 4.84. The average molecular weight is 441 g/mol. The van der Waals surface area contributed by atoms with E-state index in [1.54, 1.807) is 7.11 Å². The molecule has 0 radical (unpaired) electrons. The SMILES string of the molecule is COc1ccc2c(c1)NC1(CCN(C(=O)c3ccc4c(c3)c(C)cn4C)CC1)c1cccn1-2. The molecule has 1 N–H and O–H groups in total. The van der Waals surface area contributed by atoms with Crippen LogP contribution in [0.15, 0.2) is 60.9 Å². The van der Waals surface area contributed by atoms with Crippen molar-refractivity contribution in [2.75, 3.05) is 25.5 Å². The number of fused-ring (bicyclic) bond motifs is 5. The van der Waals surface area contributed by atoms with E-state index in [0.29, 0.717) is 13.1 Å². The lowest BCUT2D eigenvalue weighted by molar-refractivity contribution is 0.0676. The molecule has 2 aliphatic heterocycles. The van der Waals surface area contributed by atoms with Crippen molar-refractivity contribution in [3.05, 3.63) is 77.7 Å². The zero-order chi connectivity index (χ0) is 22.7. The van der Waals surface area contributed by atoms with Gasteiger partial charge in [0.1, 0.15) is 5.75 Å². The fourth-order valence-corrected chi connectivity index (χ4v) is 5.63. The molecule has 2 aromatic carbocycles. The third-order valence-corrected chi connectivity index (χ3v) is 7.42. The number of rotatable bonds is 2. The molecule has 6 heteroatoms. The number of ether oxygens (including phenoxy) is 1. The van der Waals surface area contributed by atoms with Gasteiger partial charge in [-0.3, -0.25) is 4.79 Å². The number of aryl methyl sites for hydroxylation is 2. The van der Waals surface area contributed by atoms with E-state index in [1.807, 2.05) is 30.1 Å². The first-order valence-electron chi connectivity index (χ1n) is 11.5. The summed E-state index contributed by atoms with van der Waals surface area (Å²) >= 11 is 0. The Balaban J connectivity index is 1.27. The van der Waals surface area contributed by atoms with Crippen LogP contribution in [0.1, 0.15) is 34.5 Å². The van der Waals surface area contributed by atoms with Gasteiger partial charge in [-0.15, -0.1) is 0 Å². The van der Waals surface area contributed by atoms with Crippen molar-refractivity contribution < 1.29 is 9.53 Å². The van der Waals surface area contributed by atoms with Gasteiger partial charge in [0.15, 0.2) is 0 Å². The molecule has 168 valence electrons. The number of nitrogens with zero attached hydrogens (tertiary/aromatic N) is 3. The van der Waals surface area contributed by atoms with Crippen molar-refractivity contribution in [3.8, 4) is 11.4 Å². The Morgan fingerprint density at radius 2 is 1.91 bits per heavy atom. The first-order chi connectivity index (χ1) is 16.0. The number of carbonyl (C=O) groups excluding carboxylic acids is 1. The lowest BCUT2D eigenvalue weighted by atomic mass is 9.82. The van der Waals surface area contributed by atoms with E-state index in [4.69, 9.17) is 4.74 Å². The van der Waals surface area contributed by atoms with Gasteiger partial charge in [-0.1, -0.05) is 0 Å². The Morgan fingerprint density at radius 1 is 1.09 bits per heavy atom. The lowest BCUT2D eigenvalue weighted by Crippen LogP contribution is -2.51. The predicted molar refractivity (Wildman–Crippen MR) is 130 cm³/mol. The maximum Gasteiger partial charge on any atom is 0.253 e. The van der Waals surface area contributed by atoms with Gasteiger partial charge in [0.05, 0.1) is 24.0 Å². The highest BCUT2D eigenvalue weighted by Crippen LogP contribution is 2.44. The Labute approximate surface area is 193 Å². The third-order valence-electron chi connectivity index (χ3n) is 7.42. The Hall–Kier alpha value is -3.67. The number of piperidine rings is 1. The molecule has 6 nitrogen and oxygen atoms in total. The zero-order valence-corrected chi connectivity index (χ0v) is 19.3. The molecule has 2 aromatic heterocycles. The molecule has 0 saturated carbocycles. The van der Waals surface area contributed by atoms with Crippen LogP contribution in [0.2, 0.25) is 0 Å². The van der Waals surface area contributed by atoms with Crippen molar-refractivity contribution in [1.29, 1.82) is 0 Å². The molecule has 0 atom stereocenters. The van der Waals surface area contributed by atoms with Gasteiger partial charge in [-0.2, -0.15) is 0 Å². The number of methoxy groups -OCH3 is 1. The van der Waals surface area contributed by atoms with Crippen molar-refractivity contribution >= 4 is 22.5 Å². The minimum Gasteiger partial charge on any atom is -0.497 e. The fourth-order valence-electron chi connectivity index (χ4n) is 5.63. The summed E-state index contributed by atoms with van der Waals surface area (Å²) < 4.78 is 9.84. The topological polar surface area (TPSA) is 51.4 Å². The van der Waals surface area contributed by atoms with Crippen LogP contribution in [0, 0.1) is 6.92 Å². The van der Waals surface area contributed by atoms with Gasteiger partial charge < -0.3 is 24.1 Å². The molecule has 1 fully saturated rings. The van der Waals surface area contributed by atoms with Crippen LogP contribution >= 0.6 is 0 Å². The monoisotopic (exact) mass is 440 g/mol. The first kappa shape index (κ1) is 20.0. The summed E-state index contributed by atoms with van der Waals surface area (Å²) in [5.41, 5.74) is 6.38. The lowest BCUT2D eigenvalue weighted by Gasteiger charge is -2.46. The zero-order valence-electron chi connectivity index (χ0n) is 19.3. The molecule has 2 aliphatic rings. The summed E-state index contributed by atoms with van der Waals surface area (Å²) in [6.45, 7) is 3.52. The number of amides is 1. The molecule has 1 saturated heterocycles. The first-order valence-corrected chi connectivity index (χ1v) is 11.5. The van der Waals surface area contributed by atoms with Crippen molar-refractivity contribution in [3.63, 3.8) is 0 Å². The van der Waals surface area contributed by atoms with Gasteiger partial charge in [-0.25, -0.2) is 0 Å². The maximum absolute atomic E-state index is 13.4. The molecule has 0 aliphatic carbocycles. The number of aromatic nitrogens is 2. The molecule has 1 spiro atoms. The average Bonchev–Trinajstić information content (AvgIpc) is 3.44. The van der Waals surface area contributed by atoms with Gasteiger partial charge in [-0.05, 0) is 67.8 Å². The summed E-state index contributed by atoms with van der Waals surface area (Å²) in [5.74, 6) is 0.953. The van der Waals surface area contributed by atoms with Crippen LogP contribution < -0.4 is 10.1 Å². The number of nitrogens with one attached hydrogen (secondary N) is 1.